The fraction of sp³-hybridized carbons (Fsp3) is 0.150. The third kappa shape index (κ3) is 3.15. The van der Waals surface area contributed by atoms with Crippen LogP contribution in [0.25, 0.3) is 5.65 Å². The molecule has 0 bridgehead atoms. The van der Waals surface area contributed by atoms with Crippen LogP contribution in [0, 0.1) is 13.8 Å². The van der Waals surface area contributed by atoms with Gasteiger partial charge < -0.3 is 0 Å². The molecule has 0 amide bonds. The molecule has 4 aromatic rings. The van der Waals surface area contributed by atoms with Gasteiger partial charge in [0.05, 0.1) is 5.25 Å². The highest BCUT2D eigenvalue weighted by Gasteiger charge is 2.20. The van der Waals surface area contributed by atoms with Crippen molar-refractivity contribution in [3.63, 3.8) is 0 Å². The highest BCUT2D eigenvalue weighted by atomic mass is 32.2. The zero-order valence-electron chi connectivity index (χ0n) is 14.1. The van der Waals surface area contributed by atoms with Crippen molar-refractivity contribution in [3.8, 4) is 0 Å². The van der Waals surface area contributed by atoms with E-state index in [0.717, 1.165) is 22.3 Å². The molecule has 25 heavy (non-hydrogen) atoms. The molecule has 0 aliphatic rings. The van der Waals surface area contributed by atoms with Crippen LogP contribution in [0.5, 0.6) is 0 Å². The summed E-state index contributed by atoms with van der Waals surface area (Å²) in [6.07, 6.45) is 0. The predicted molar refractivity (Wildman–Crippen MR) is 101 cm³/mol. The van der Waals surface area contributed by atoms with E-state index >= 15 is 0 Å². The summed E-state index contributed by atoms with van der Waals surface area (Å²) in [4.78, 5) is 4.56. The van der Waals surface area contributed by atoms with Crippen molar-refractivity contribution >= 4 is 17.4 Å². The number of hydrogen-bond donors (Lipinski definition) is 0. The second kappa shape index (κ2) is 6.69. The van der Waals surface area contributed by atoms with Gasteiger partial charge in [0.25, 0.3) is 0 Å². The Bertz CT molecular complexity index is 957. The molecule has 0 saturated heterocycles. The molecule has 0 spiro atoms. The Morgan fingerprint density at radius 2 is 1.44 bits per heavy atom. The van der Waals surface area contributed by atoms with E-state index in [0.29, 0.717) is 0 Å². The molecule has 4 nitrogen and oxygen atoms in total. The van der Waals surface area contributed by atoms with E-state index in [1.165, 1.54) is 11.1 Å². The van der Waals surface area contributed by atoms with Gasteiger partial charge in [0, 0.05) is 11.8 Å². The highest BCUT2D eigenvalue weighted by molar-refractivity contribution is 7.99. The normalized spacial score (nSPS) is 11.3. The zero-order chi connectivity index (χ0) is 17.2. The second-order valence-electron chi connectivity index (χ2n) is 5.94. The summed E-state index contributed by atoms with van der Waals surface area (Å²) in [6, 6.07) is 23.0. The van der Waals surface area contributed by atoms with Crippen molar-refractivity contribution in [2.45, 2.75) is 24.3 Å². The molecule has 0 N–H and O–H groups in total. The Kier molecular flexibility index (Phi) is 4.24. The van der Waals surface area contributed by atoms with Crippen LogP contribution in [0.15, 0.2) is 71.9 Å². The van der Waals surface area contributed by atoms with Crippen molar-refractivity contribution in [2.75, 3.05) is 0 Å². The molecule has 0 aliphatic carbocycles. The standard InChI is InChI=1S/C20H18N4S/c1-14-13-18-22-23-20(24(18)15(2)21-14)25-19(16-9-5-3-6-10-16)17-11-7-4-8-12-17/h3-13,19H,1-2H3. The quantitative estimate of drug-likeness (QED) is 0.506. The Morgan fingerprint density at radius 3 is 2.04 bits per heavy atom. The molecular formula is C20H18N4S. The van der Waals surface area contributed by atoms with E-state index < -0.39 is 0 Å². The third-order valence-corrected chi connectivity index (χ3v) is 5.34. The molecule has 0 fully saturated rings. The molecule has 5 heteroatoms. The molecule has 0 atom stereocenters. The minimum Gasteiger partial charge on any atom is -0.258 e. The fourth-order valence-corrected chi connectivity index (χ4v) is 4.19. The lowest BCUT2D eigenvalue weighted by atomic mass is 10.0. The smallest absolute Gasteiger partial charge is 0.197 e. The van der Waals surface area contributed by atoms with Crippen LogP contribution in [-0.2, 0) is 0 Å². The van der Waals surface area contributed by atoms with E-state index in [-0.39, 0.29) is 5.25 Å². The lowest BCUT2D eigenvalue weighted by Crippen LogP contribution is -2.02. The van der Waals surface area contributed by atoms with E-state index in [1.54, 1.807) is 11.8 Å². The molecule has 2 heterocycles. The lowest BCUT2D eigenvalue weighted by Gasteiger charge is -2.17. The predicted octanol–water partition coefficient (Wildman–Crippen LogP) is 4.62. The van der Waals surface area contributed by atoms with Gasteiger partial charge in [-0.2, -0.15) is 0 Å². The Hall–Kier alpha value is -2.66. The molecule has 124 valence electrons. The zero-order valence-corrected chi connectivity index (χ0v) is 14.9. The largest absolute Gasteiger partial charge is 0.258 e. The third-order valence-electron chi connectivity index (χ3n) is 4.09. The van der Waals surface area contributed by atoms with Gasteiger partial charge in [0.15, 0.2) is 10.8 Å². The van der Waals surface area contributed by atoms with Gasteiger partial charge in [-0.05, 0) is 25.0 Å². The second-order valence-corrected chi connectivity index (χ2v) is 7.01. The molecule has 2 aromatic heterocycles. The number of thioether (sulfide) groups is 1. The monoisotopic (exact) mass is 346 g/mol. The molecule has 0 aliphatic heterocycles. The number of aryl methyl sites for hydroxylation is 2. The first-order valence-corrected chi connectivity index (χ1v) is 9.06. The average Bonchev–Trinajstić information content (AvgIpc) is 3.04. The van der Waals surface area contributed by atoms with E-state index in [1.807, 2.05) is 36.4 Å². The van der Waals surface area contributed by atoms with Crippen LogP contribution >= 0.6 is 11.8 Å². The molecule has 4 rings (SSSR count). The van der Waals surface area contributed by atoms with Crippen LogP contribution in [0.1, 0.15) is 27.9 Å². The first-order chi connectivity index (χ1) is 12.2. The van der Waals surface area contributed by atoms with Crippen molar-refractivity contribution in [1.82, 2.24) is 19.6 Å². The van der Waals surface area contributed by atoms with Crippen molar-refractivity contribution in [1.29, 1.82) is 0 Å². The van der Waals surface area contributed by atoms with E-state index in [2.05, 4.69) is 63.7 Å². The van der Waals surface area contributed by atoms with Gasteiger partial charge in [-0.25, -0.2) is 4.98 Å². The Morgan fingerprint density at radius 1 is 0.840 bits per heavy atom. The molecule has 2 aromatic carbocycles. The summed E-state index contributed by atoms with van der Waals surface area (Å²) in [5, 5.41) is 9.76. The van der Waals surface area contributed by atoms with Crippen LogP contribution in [0.3, 0.4) is 0 Å². The van der Waals surface area contributed by atoms with Crippen LogP contribution in [0.2, 0.25) is 0 Å². The summed E-state index contributed by atoms with van der Waals surface area (Å²) >= 11 is 1.70. The number of aromatic nitrogens is 4. The summed E-state index contributed by atoms with van der Waals surface area (Å²) in [5.74, 6) is 0.905. The van der Waals surface area contributed by atoms with Crippen LogP contribution in [-0.4, -0.2) is 19.6 Å². The van der Waals surface area contributed by atoms with E-state index in [9.17, 15) is 0 Å². The lowest BCUT2D eigenvalue weighted by molar-refractivity contribution is 0.851. The minimum absolute atomic E-state index is 0.149. The first kappa shape index (κ1) is 15.8. The van der Waals surface area contributed by atoms with Gasteiger partial charge in [0.2, 0.25) is 0 Å². The SMILES string of the molecule is Cc1cc2nnc(SC(c3ccccc3)c3ccccc3)n2c(C)n1. The number of rotatable bonds is 4. The molecular weight excluding hydrogens is 328 g/mol. The fourth-order valence-electron chi connectivity index (χ4n) is 2.97. The van der Waals surface area contributed by atoms with Gasteiger partial charge >= 0.3 is 0 Å². The van der Waals surface area contributed by atoms with Gasteiger partial charge in [-0.3, -0.25) is 4.40 Å². The summed E-state index contributed by atoms with van der Waals surface area (Å²) in [7, 11) is 0. The Balaban J connectivity index is 1.80. The maximum atomic E-state index is 4.56. The molecule has 0 unspecified atom stereocenters. The molecule has 0 saturated carbocycles. The number of hydrogen-bond acceptors (Lipinski definition) is 4. The Labute approximate surface area is 151 Å². The van der Waals surface area contributed by atoms with Crippen molar-refractivity contribution in [3.05, 3.63) is 89.4 Å². The maximum absolute atomic E-state index is 4.56. The topological polar surface area (TPSA) is 43.1 Å². The summed E-state index contributed by atoms with van der Waals surface area (Å²) < 4.78 is 2.02. The number of fused-ring (bicyclic) bond motifs is 1. The number of nitrogens with zero attached hydrogens (tertiary/aromatic N) is 4. The van der Waals surface area contributed by atoms with Crippen molar-refractivity contribution < 1.29 is 0 Å². The average molecular weight is 346 g/mol. The minimum atomic E-state index is 0.149. The summed E-state index contributed by atoms with van der Waals surface area (Å²) in [5.41, 5.74) is 4.28. The highest BCUT2D eigenvalue weighted by Crippen LogP contribution is 2.39. The summed E-state index contributed by atoms with van der Waals surface area (Å²) in [6.45, 7) is 3.97. The molecule has 0 radical (unpaired) electrons. The van der Waals surface area contributed by atoms with Crippen LogP contribution < -0.4 is 0 Å². The van der Waals surface area contributed by atoms with Crippen molar-refractivity contribution in [2.24, 2.45) is 0 Å². The van der Waals surface area contributed by atoms with E-state index in [4.69, 9.17) is 0 Å². The van der Waals surface area contributed by atoms with Gasteiger partial charge in [-0.15, -0.1) is 10.2 Å². The van der Waals surface area contributed by atoms with Gasteiger partial charge in [-0.1, -0.05) is 72.4 Å². The first-order valence-electron chi connectivity index (χ1n) is 8.18. The maximum Gasteiger partial charge on any atom is 0.197 e. The van der Waals surface area contributed by atoms with Crippen LogP contribution in [0.4, 0.5) is 0 Å². The van der Waals surface area contributed by atoms with Gasteiger partial charge in [0.1, 0.15) is 5.82 Å². The number of benzene rings is 2.